The van der Waals surface area contributed by atoms with Gasteiger partial charge in [-0.1, -0.05) is 35.3 Å². The minimum absolute atomic E-state index is 0.117. The van der Waals surface area contributed by atoms with Crippen LogP contribution in [0.15, 0.2) is 36.4 Å². The molecule has 0 radical (unpaired) electrons. The van der Waals surface area contributed by atoms with Crippen molar-refractivity contribution in [3.05, 3.63) is 74.5 Å². The number of carbonyl (C=O) groups excluding carboxylic acids is 2. The van der Waals surface area contributed by atoms with Gasteiger partial charge in [0.25, 0.3) is 0 Å². The number of pyridine rings is 1. The molecule has 1 aromatic heterocycles. The van der Waals surface area contributed by atoms with E-state index in [1.807, 2.05) is 6.92 Å². The number of esters is 2. The molecule has 0 aliphatic carbocycles. The second-order valence-corrected chi connectivity index (χ2v) is 8.29. The Morgan fingerprint density at radius 3 is 1.94 bits per heavy atom. The molecule has 0 bridgehead atoms. The Morgan fingerprint density at radius 1 is 0.857 bits per heavy atom. The average Bonchev–Trinajstić information content (AvgIpc) is 2.83. The Hall–Kier alpha value is -3.29. The summed E-state index contributed by atoms with van der Waals surface area (Å²) in [6.45, 7) is 5.67. The van der Waals surface area contributed by atoms with Gasteiger partial charge < -0.3 is 18.9 Å². The standard InChI is InChI=1S/C26H25Cl2NO6/c1-6-34-21-12-16(10-11-20(21)35-13-17-18(27)8-7-9-19(17)28)24-22(25(30)32-4)14(2)29-15(3)23(24)26(31)33-5/h7-12H,6,13H2,1-5H3. The van der Waals surface area contributed by atoms with Crippen LogP contribution in [0.3, 0.4) is 0 Å². The van der Waals surface area contributed by atoms with Crippen LogP contribution in [0.25, 0.3) is 11.1 Å². The predicted molar refractivity (Wildman–Crippen MR) is 134 cm³/mol. The summed E-state index contributed by atoms with van der Waals surface area (Å²) in [7, 11) is 2.54. The Balaban J connectivity index is 2.16. The lowest BCUT2D eigenvalue weighted by atomic mass is 9.92. The van der Waals surface area contributed by atoms with Crippen LogP contribution >= 0.6 is 23.2 Å². The molecule has 0 aliphatic heterocycles. The van der Waals surface area contributed by atoms with E-state index in [0.717, 1.165) is 0 Å². The number of hydrogen-bond donors (Lipinski definition) is 0. The van der Waals surface area contributed by atoms with Crippen molar-refractivity contribution in [3.63, 3.8) is 0 Å². The van der Waals surface area contributed by atoms with Crippen LogP contribution in [0, 0.1) is 13.8 Å². The number of methoxy groups -OCH3 is 2. The number of rotatable bonds is 8. The molecule has 0 fully saturated rings. The van der Waals surface area contributed by atoms with Crippen molar-refractivity contribution in [2.75, 3.05) is 20.8 Å². The summed E-state index contributed by atoms with van der Waals surface area (Å²) in [6.07, 6.45) is 0. The number of hydrogen-bond acceptors (Lipinski definition) is 7. The van der Waals surface area contributed by atoms with Crippen LogP contribution in [0.2, 0.25) is 10.0 Å². The summed E-state index contributed by atoms with van der Waals surface area (Å²) in [5, 5.41) is 0.973. The van der Waals surface area contributed by atoms with E-state index in [1.165, 1.54) is 14.2 Å². The van der Waals surface area contributed by atoms with Crippen molar-refractivity contribution in [2.45, 2.75) is 27.4 Å². The second kappa shape index (κ2) is 11.4. The monoisotopic (exact) mass is 517 g/mol. The summed E-state index contributed by atoms with van der Waals surface area (Å²) in [4.78, 5) is 29.8. The molecule has 0 spiro atoms. The maximum Gasteiger partial charge on any atom is 0.340 e. The van der Waals surface area contributed by atoms with Gasteiger partial charge in [-0.2, -0.15) is 0 Å². The smallest absolute Gasteiger partial charge is 0.340 e. The Labute approximate surface area is 213 Å². The van der Waals surface area contributed by atoms with Crippen molar-refractivity contribution in [1.29, 1.82) is 0 Å². The highest BCUT2D eigenvalue weighted by molar-refractivity contribution is 6.35. The zero-order valence-corrected chi connectivity index (χ0v) is 21.5. The van der Waals surface area contributed by atoms with E-state index in [1.54, 1.807) is 50.2 Å². The molecule has 1 heterocycles. The molecule has 3 rings (SSSR count). The third-order valence-corrected chi connectivity index (χ3v) is 6.01. The maximum atomic E-state index is 12.7. The van der Waals surface area contributed by atoms with Gasteiger partial charge in [-0.3, -0.25) is 4.98 Å². The van der Waals surface area contributed by atoms with Gasteiger partial charge in [-0.25, -0.2) is 9.59 Å². The molecule has 7 nitrogen and oxygen atoms in total. The van der Waals surface area contributed by atoms with Gasteiger partial charge in [-0.15, -0.1) is 0 Å². The van der Waals surface area contributed by atoms with Crippen LogP contribution in [-0.2, 0) is 16.1 Å². The van der Waals surface area contributed by atoms with E-state index < -0.39 is 11.9 Å². The maximum absolute atomic E-state index is 12.7. The predicted octanol–water partition coefficient (Wildman–Crippen LogP) is 6.22. The lowest BCUT2D eigenvalue weighted by Gasteiger charge is -2.19. The van der Waals surface area contributed by atoms with Crippen LogP contribution in [0.4, 0.5) is 0 Å². The molecular formula is C26H25Cl2NO6. The molecule has 0 N–H and O–H groups in total. The molecule has 0 saturated carbocycles. The SMILES string of the molecule is CCOc1cc(-c2c(C(=O)OC)c(C)nc(C)c2C(=O)OC)ccc1OCc1c(Cl)cccc1Cl. The summed E-state index contributed by atoms with van der Waals surface area (Å²) < 4.78 is 21.8. The largest absolute Gasteiger partial charge is 0.490 e. The first-order valence-corrected chi connectivity index (χ1v) is 11.5. The third kappa shape index (κ3) is 5.52. The lowest BCUT2D eigenvalue weighted by Crippen LogP contribution is -2.16. The first-order chi connectivity index (χ1) is 16.7. The Kier molecular flexibility index (Phi) is 8.59. The summed E-state index contributed by atoms with van der Waals surface area (Å²) >= 11 is 12.5. The molecule has 0 atom stereocenters. The fourth-order valence-corrected chi connectivity index (χ4v) is 4.22. The number of ether oxygens (including phenoxy) is 4. The van der Waals surface area contributed by atoms with Crippen LogP contribution in [0.5, 0.6) is 11.5 Å². The van der Waals surface area contributed by atoms with Crippen molar-refractivity contribution in [3.8, 4) is 22.6 Å². The fourth-order valence-electron chi connectivity index (χ4n) is 3.71. The first kappa shape index (κ1) is 26.3. The molecule has 2 aromatic carbocycles. The van der Waals surface area contributed by atoms with Crippen LogP contribution in [0.1, 0.15) is 44.6 Å². The zero-order chi connectivity index (χ0) is 25.7. The minimum Gasteiger partial charge on any atom is -0.490 e. The molecule has 35 heavy (non-hydrogen) atoms. The van der Waals surface area contributed by atoms with Crippen molar-refractivity contribution < 1.29 is 28.5 Å². The van der Waals surface area contributed by atoms with Gasteiger partial charge in [0.1, 0.15) is 6.61 Å². The molecule has 3 aromatic rings. The van der Waals surface area contributed by atoms with E-state index in [9.17, 15) is 9.59 Å². The van der Waals surface area contributed by atoms with Gasteiger partial charge >= 0.3 is 11.9 Å². The van der Waals surface area contributed by atoms with E-state index in [-0.39, 0.29) is 17.7 Å². The van der Waals surface area contributed by atoms with Crippen molar-refractivity contribution in [1.82, 2.24) is 4.98 Å². The summed E-state index contributed by atoms with van der Waals surface area (Å²) in [5.41, 5.74) is 2.69. The highest BCUT2D eigenvalue weighted by Gasteiger charge is 2.28. The average molecular weight is 518 g/mol. The summed E-state index contributed by atoms with van der Waals surface area (Å²) in [6, 6.07) is 10.3. The van der Waals surface area contributed by atoms with E-state index in [2.05, 4.69) is 4.98 Å². The number of benzene rings is 2. The van der Waals surface area contributed by atoms with E-state index in [0.29, 0.717) is 56.2 Å². The topological polar surface area (TPSA) is 84.0 Å². The van der Waals surface area contributed by atoms with Gasteiger partial charge in [0.15, 0.2) is 11.5 Å². The second-order valence-electron chi connectivity index (χ2n) is 7.47. The molecule has 184 valence electrons. The number of halogens is 2. The number of aromatic nitrogens is 1. The molecule has 0 amide bonds. The fraction of sp³-hybridized carbons (Fsp3) is 0.269. The van der Waals surface area contributed by atoms with Gasteiger partial charge in [0.05, 0.1) is 43.3 Å². The lowest BCUT2D eigenvalue weighted by molar-refractivity contribution is 0.0599. The first-order valence-electron chi connectivity index (χ1n) is 10.7. The quantitative estimate of drug-likeness (QED) is 0.327. The molecule has 0 aliphatic rings. The van der Waals surface area contributed by atoms with Gasteiger partial charge in [0.2, 0.25) is 0 Å². The van der Waals surface area contributed by atoms with Crippen LogP contribution in [-0.4, -0.2) is 37.7 Å². The highest BCUT2D eigenvalue weighted by atomic mass is 35.5. The van der Waals surface area contributed by atoms with Gasteiger partial charge in [0, 0.05) is 21.2 Å². The van der Waals surface area contributed by atoms with E-state index >= 15 is 0 Å². The molecule has 0 saturated heterocycles. The van der Waals surface area contributed by atoms with Crippen molar-refractivity contribution >= 4 is 35.1 Å². The normalized spacial score (nSPS) is 10.6. The van der Waals surface area contributed by atoms with E-state index in [4.69, 9.17) is 42.1 Å². The summed E-state index contributed by atoms with van der Waals surface area (Å²) in [5.74, 6) is -0.399. The number of aryl methyl sites for hydroxylation is 2. The number of nitrogens with zero attached hydrogens (tertiary/aromatic N) is 1. The molecule has 9 heteroatoms. The number of carbonyl (C=O) groups is 2. The Morgan fingerprint density at radius 2 is 1.43 bits per heavy atom. The molecular weight excluding hydrogens is 493 g/mol. The third-order valence-electron chi connectivity index (χ3n) is 5.30. The van der Waals surface area contributed by atoms with Crippen LogP contribution < -0.4 is 9.47 Å². The van der Waals surface area contributed by atoms with Crippen molar-refractivity contribution in [2.24, 2.45) is 0 Å². The zero-order valence-electron chi connectivity index (χ0n) is 20.0. The van der Waals surface area contributed by atoms with Gasteiger partial charge in [-0.05, 0) is 50.6 Å². The Bertz CT molecular complexity index is 1210. The molecule has 0 unspecified atom stereocenters. The minimum atomic E-state index is -0.623. The highest BCUT2D eigenvalue weighted by Crippen LogP contribution is 2.38.